The summed E-state index contributed by atoms with van der Waals surface area (Å²) in [4.78, 5) is 25.4. The van der Waals surface area contributed by atoms with Crippen LogP contribution < -0.4 is 0 Å². The fraction of sp³-hybridized carbons (Fsp3) is 0.830. The van der Waals surface area contributed by atoms with Crippen molar-refractivity contribution in [2.75, 3.05) is 19.0 Å². The second kappa shape index (κ2) is 37.4. The number of hydrogen-bond donors (Lipinski definition) is 4. The van der Waals surface area contributed by atoms with Crippen molar-refractivity contribution in [3.8, 4) is 0 Å². The van der Waals surface area contributed by atoms with E-state index < -0.39 is 71.2 Å². The van der Waals surface area contributed by atoms with E-state index in [2.05, 4.69) is 50.3 Å². The number of carbonyl (C=O) groups excluding carboxylic acids is 2. The number of aliphatic hydroxyl groups excluding tert-OH is 3. The van der Waals surface area contributed by atoms with Gasteiger partial charge in [-0.1, -0.05) is 166 Å². The third-order valence-corrected chi connectivity index (χ3v) is 11.5. The van der Waals surface area contributed by atoms with Crippen molar-refractivity contribution in [3.63, 3.8) is 0 Å². The molecule has 1 heterocycles. The minimum atomic E-state index is -4.61. The van der Waals surface area contributed by atoms with E-state index >= 15 is 0 Å². The average molecular weight is 873 g/mol. The normalized spacial score (nSPS) is 20.4. The topological polar surface area (TPSA) is 186 Å². The van der Waals surface area contributed by atoms with Crippen molar-refractivity contribution in [2.24, 2.45) is 0 Å². The summed E-state index contributed by atoms with van der Waals surface area (Å²) in [6.45, 7) is 3.71. The summed E-state index contributed by atoms with van der Waals surface area (Å²) in [7, 11) is -4.61. The van der Waals surface area contributed by atoms with Gasteiger partial charge in [0.2, 0.25) is 0 Å². The van der Waals surface area contributed by atoms with Gasteiger partial charge in [-0.25, -0.2) is 0 Å². The van der Waals surface area contributed by atoms with Crippen LogP contribution in [0, 0.1) is 0 Å². The molecule has 0 aliphatic carbocycles. The minimum Gasteiger partial charge on any atom is -0.462 e. The van der Waals surface area contributed by atoms with E-state index in [-0.39, 0.29) is 19.4 Å². The monoisotopic (exact) mass is 873 g/mol. The van der Waals surface area contributed by atoms with Crippen LogP contribution in [0.1, 0.15) is 194 Å². The molecule has 350 valence electrons. The van der Waals surface area contributed by atoms with E-state index in [1.807, 2.05) is 0 Å². The first-order valence-electron chi connectivity index (χ1n) is 23.5. The fourth-order valence-electron chi connectivity index (χ4n) is 7.04. The van der Waals surface area contributed by atoms with Crippen LogP contribution >= 0.6 is 0 Å². The van der Waals surface area contributed by atoms with Gasteiger partial charge in [0.15, 0.2) is 12.4 Å². The van der Waals surface area contributed by atoms with Gasteiger partial charge in [-0.05, 0) is 51.4 Å². The maximum Gasteiger partial charge on any atom is 0.306 e. The summed E-state index contributed by atoms with van der Waals surface area (Å²) < 4.78 is 54.1. The van der Waals surface area contributed by atoms with Gasteiger partial charge in [-0.3, -0.25) is 14.1 Å². The highest BCUT2D eigenvalue weighted by molar-refractivity contribution is 7.85. The van der Waals surface area contributed by atoms with Crippen LogP contribution in [-0.2, 0) is 38.7 Å². The number of rotatable bonds is 39. The second-order valence-electron chi connectivity index (χ2n) is 16.4. The molecule has 4 N–H and O–H groups in total. The van der Waals surface area contributed by atoms with E-state index in [1.165, 1.54) is 103 Å². The van der Waals surface area contributed by atoms with Gasteiger partial charge in [0, 0.05) is 12.8 Å². The molecule has 1 aliphatic heterocycles. The van der Waals surface area contributed by atoms with E-state index in [0.717, 1.165) is 51.4 Å². The largest absolute Gasteiger partial charge is 0.462 e. The lowest BCUT2D eigenvalue weighted by Gasteiger charge is -2.40. The Morgan fingerprint density at radius 2 is 1.00 bits per heavy atom. The Labute approximate surface area is 363 Å². The molecule has 1 rings (SSSR count). The highest BCUT2D eigenvalue weighted by atomic mass is 32.2. The van der Waals surface area contributed by atoms with Gasteiger partial charge in [-0.15, -0.1) is 0 Å². The predicted molar refractivity (Wildman–Crippen MR) is 238 cm³/mol. The van der Waals surface area contributed by atoms with Crippen molar-refractivity contribution in [1.29, 1.82) is 0 Å². The molecule has 0 aromatic rings. The van der Waals surface area contributed by atoms with Crippen molar-refractivity contribution in [2.45, 2.75) is 230 Å². The first-order chi connectivity index (χ1) is 29.0. The quantitative estimate of drug-likeness (QED) is 0.0199. The molecule has 0 aromatic carbocycles. The summed E-state index contributed by atoms with van der Waals surface area (Å²) in [5, 5.41) is 30.9. The molecule has 12 nitrogen and oxygen atoms in total. The molecule has 1 aliphatic rings. The van der Waals surface area contributed by atoms with Gasteiger partial charge in [0.05, 0.1) is 6.61 Å². The van der Waals surface area contributed by atoms with Gasteiger partial charge < -0.3 is 34.3 Å². The van der Waals surface area contributed by atoms with Crippen molar-refractivity contribution in [1.82, 2.24) is 0 Å². The first-order valence-corrected chi connectivity index (χ1v) is 25.2. The highest BCUT2D eigenvalue weighted by Crippen LogP contribution is 2.24. The molecule has 0 bridgehead atoms. The summed E-state index contributed by atoms with van der Waals surface area (Å²) in [6.07, 6.45) is 33.3. The summed E-state index contributed by atoms with van der Waals surface area (Å²) in [5.74, 6) is -2.03. The molecule has 1 fully saturated rings. The first kappa shape index (κ1) is 55.9. The number of aliphatic hydroxyl groups is 3. The standard InChI is InChI=1S/C47H84O12S/c1-3-5-7-9-11-13-15-17-19-20-22-23-25-27-29-31-33-35-42(48)56-37-40(38-57-47-46(52)45(51)44(50)41(59-47)39-60(53,54)55)58-43(49)36-34-32-30-28-26-24-21-18-16-14-12-10-8-6-4-2/h12,14,18,21,26,28,40-41,44-47,50-52H,3-11,13,15-17,19-20,22-25,27,29-39H2,1-2H3,(H,53,54,55)/b14-12+,21-18+,28-26+/t40-,41-,44-,45?,46?,47+/m1/s1. The molecule has 6 atom stereocenters. The Balaban J connectivity index is 2.44. The lowest BCUT2D eigenvalue weighted by atomic mass is 10.00. The lowest BCUT2D eigenvalue weighted by molar-refractivity contribution is -0.297. The summed E-state index contributed by atoms with van der Waals surface area (Å²) >= 11 is 0. The molecule has 60 heavy (non-hydrogen) atoms. The maximum atomic E-state index is 12.8. The highest BCUT2D eigenvalue weighted by Gasteiger charge is 2.46. The minimum absolute atomic E-state index is 0.117. The molecular formula is C47H84O12S. The molecule has 0 amide bonds. The molecule has 2 unspecified atom stereocenters. The second-order valence-corrected chi connectivity index (χ2v) is 17.9. The maximum absolute atomic E-state index is 12.8. The average Bonchev–Trinajstić information content (AvgIpc) is 3.21. The van der Waals surface area contributed by atoms with E-state index in [4.69, 9.17) is 18.9 Å². The number of carbonyl (C=O) groups is 2. The number of allylic oxidation sites excluding steroid dienone is 6. The van der Waals surface area contributed by atoms with E-state index in [0.29, 0.717) is 12.8 Å². The third kappa shape index (κ3) is 31.7. The Morgan fingerprint density at radius 1 is 0.567 bits per heavy atom. The van der Waals surface area contributed by atoms with Crippen molar-refractivity contribution < 1.29 is 56.8 Å². The van der Waals surface area contributed by atoms with E-state index in [1.54, 1.807) is 0 Å². The molecule has 1 saturated heterocycles. The van der Waals surface area contributed by atoms with Crippen LogP contribution in [0.15, 0.2) is 36.5 Å². The van der Waals surface area contributed by atoms with Gasteiger partial charge in [0.1, 0.15) is 36.8 Å². The fourth-order valence-corrected chi connectivity index (χ4v) is 7.73. The lowest BCUT2D eigenvalue weighted by Crippen LogP contribution is -2.60. The molecule has 0 radical (unpaired) electrons. The summed E-state index contributed by atoms with van der Waals surface area (Å²) in [5.41, 5.74) is 0. The van der Waals surface area contributed by atoms with Gasteiger partial charge in [-0.2, -0.15) is 8.42 Å². The summed E-state index contributed by atoms with van der Waals surface area (Å²) in [6, 6.07) is 0. The number of hydrogen-bond acceptors (Lipinski definition) is 11. The van der Waals surface area contributed by atoms with Crippen molar-refractivity contribution >= 4 is 22.1 Å². The van der Waals surface area contributed by atoms with Crippen LogP contribution in [0.2, 0.25) is 0 Å². The van der Waals surface area contributed by atoms with Crippen LogP contribution in [0.5, 0.6) is 0 Å². The number of esters is 2. The van der Waals surface area contributed by atoms with Crippen LogP contribution in [0.25, 0.3) is 0 Å². The smallest absolute Gasteiger partial charge is 0.306 e. The zero-order chi connectivity index (χ0) is 44.1. The van der Waals surface area contributed by atoms with Gasteiger partial charge in [0.25, 0.3) is 10.1 Å². The zero-order valence-corrected chi connectivity index (χ0v) is 38.1. The Hall–Kier alpha value is -2.13. The predicted octanol–water partition coefficient (Wildman–Crippen LogP) is 9.78. The van der Waals surface area contributed by atoms with Crippen LogP contribution in [0.4, 0.5) is 0 Å². The molecule has 13 heteroatoms. The SMILES string of the molecule is CCCCC/C=C/C/C=C/C/C=C/CCCCC(=O)O[C@H](COC(=O)CCCCCCCCCCCCCCCCCCC)CO[C@H]1O[C@H](CS(=O)(=O)O)[C@@H](O)C(O)C1O. The molecular weight excluding hydrogens is 789 g/mol. The van der Waals surface area contributed by atoms with Gasteiger partial charge >= 0.3 is 11.9 Å². The number of unbranched alkanes of at least 4 members (excludes halogenated alkanes) is 21. The van der Waals surface area contributed by atoms with E-state index in [9.17, 15) is 37.9 Å². The molecule has 0 saturated carbocycles. The molecule has 0 spiro atoms. The Kier molecular flexibility index (Phi) is 34.9. The third-order valence-electron chi connectivity index (χ3n) is 10.7. The van der Waals surface area contributed by atoms with Crippen LogP contribution in [-0.4, -0.2) is 96.0 Å². The Bertz CT molecular complexity index is 1250. The number of ether oxygens (including phenoxy) is 4. The van der Waals surface area contributed by atoms with Crippen LogP contribution in [0.3, 0.4) is 0 Å². The Morgan fingerprint density at radius 3 is 1.52 bits per heavy atom. The zero-order valence-electron chi connectivity index (χ0n) is 37.3. The van der Waals surface area contributed by atoms with Crippen molar-refractivity contribution in [3.05, 3.63) is 36.5 Å². The molecule has 0 aromatic heterocycles.